The van der Waals surface area contributed by atoms with Gasteiger partial charge in [-0.3, -0.25) is 9.59 Å². The molecule has 3 N–H and O–H groups in total. The Labute approximate surface area is 142 Å². The summed E-state index contributed by atoms with van der Waals surface area (Å²) in [4.78, 5) is 22.8. The van der Waals surface area contributed by atoms with Crippen LogP contribution in [0.5, 0.6) is 5.75 Å². The van der Waals surface area contributed by atoms with Crippen LogP contribution in [0, 0.1) is 17.5 Å². The lowest BCUT2D eigenvalue weighted by atomic mass is 10.1. The summed E-state index contributed by atoms with van der Waals surface area (Å²) < 4.78 is 46.0. The Morgan fingerprint density at radius 2 is 1.79 bits per heavy atom. The first-order chi connectivity index (χ1) is 11.3. The van der Waals surface area contributed by atoms with Crippen LogP contribution in [0.4, 0.5) is 18.9 Å². The minimum Gasteiger partial charge on any atom is -0.481 e. The molecule has 2 rings (SSSR count). The highest BCUT2D eigenvalue weighted by Crippen LogP contribution is 2.22. The Bertz CT molecular complexity index is 815. The Morgan fingerprint density at radius 3 is 2.42 bits per heavy atom. The van der Waals surface area contributed by atoms with Gasteiger partial charge in [0.2, 0.25) is 0 Å². The van der Waals surface area contributed by atoms with Gasteiger partial charge in [0.25, 0.3) is 11.8 Å². The molecular weight excluding hydrogens is 393 g/mol. The van der Waals surface area contributed by atoms with Gasteiger partial charge in [0.15, 0.2) is 18.2 Å². The number of nitrogens with two attached hydrogens (primary N) is 1. The van der Waals surface area contributed by atoms with Crippen molar-refractivity contribution >= 4 is 33.4 Å². The lowest BCUT2D eigenvalue weighted by molar-refractivity contribution is -0.118. The quantitative estimate of drug-likeness (QED) is 0.806. The van der Waals surface area contributed by atoms with Crippen molar-refractivity contribution in [1.82, 2.24) is 0 Å². The van der Waals surface area contributed by atoms with Crippen molar-refractivity contribution < 1.29 is 27.5 Å². The fraction of sp³-hybridized carbons (Fsp3) is 0.0667. The van der Waals surface area contributed by atoms with Crippen LogP contribution in [0.25, 0.3) is 0 Å². The summed E-state index contributed by atoms with van der Waals surface area (Å²) in [7, 11) is 0. The molecule has 0 saturated carbocycles. The van der Waals surface area contributed by atoms with Crippen LogP contribution in [-0.2, 0) is 4.79 Å². The maximum atomic E-state index is 13.6. The first-order valence-corrected chi connectivity index (χ1v) is 7.23. The second-order valence-corrected chi connectivity index (χ2v) is 5.50. The molecule has 9 heteroatoms. The molecule has 0 fully saturated rings. The standard InChI is InChI=1S/C15H10BrF3N2O3/c16-7-1-2-13(11(19)3-7)24-6-14(22)21-12-4-8(15(20)23)9(17)5-10(12)18/h1-5H,6H2,(H2,20,23)(H,21,22). The highest BCUT2D eigenvalue weighted by molar-refractivity contribution is 9.10. The van der Waals surface area contributed by atoms with Crippen molar-refractivity contribution in [3.8, 4) is 5.75 Å². The molecule has 2 amide bonds. The molecule has 2 aromatic carbocycles. The van der Waals surface area contributed by atoms with Gasteiger partial charge in [0.1, 0.15) is 11.6 Å². The largest absolute Gasteiger partial charge is 0.481 e. The first-order valence-electron chi connectivity index (χ1n) is 6.44. The van der Waals surface area contributed by atoms with E-state index in [9.17, 15) is 22.8 Å². The number of hydrogen-bond donors (Lipinski definition) is 2. The van der Waals surface area contributed by atoms with Crippen LogP contribution in [0.15, 0.2) is 34.8 Å². The molecule has 0 spiro atoms. The third-order valence-corrected chi connectivity index (χ3v) is 3.34. The van der Waals surface area contributed by atoms with Crippen LogP contribution in [0.3, 0.4) is 0 Å². The molecule has 2 aromatic rings. The van der Waals surface area contributed by atoms with E-state index in [4.69, 9.17) is 10.5 Å². The van der Waals surface area contributed by atoms with Gasteiger partial charge in [-0.25, -0.2) is 13.2 Å². The molecule has 0 aliphatic carbocycles. The molecule has 5 nitrogen and oxygen atoms in total. The third kappa shape index (κ3) is 4.25. The van der Waals surface area contributed by atoms with Crippen molar-refractivity contribution in [1.29, 1.82) is 0 Å². The number of halogens is 4. The van der Waals surface area contributed by atoms with E-state index in [1.165, 1.54) is 12.1 Å². The number of hydrogen-bond acceptors (Lipinski definition) is 3. The number of anilines is 1. The summed E-state index contributed by atoms with van der Waals surface area (Å²) in [5.74, 6) is -5.06. The third-order valence-electron chi connectivity index (χ3n) is 2.85. The Hall–Kier alpha value is -2.55. The molecule has 0 aliphatic rings. The van der Waals surface area contributed by atoms with Gasteiger partial charge in [-0.1, -0.05) is 15.9 Å². The smallest absolute Gasteiger partial charge is 0.262 e. The first kappa shape index (κ1) is 17.8. The Kier molecular flexibility index (Phi) is 5.45. The fourth-order valence-corrected chi connectivity index (χ4v) is 2.09. The van der Waals surface area contributed by atoms with Crippen molar-refractivity contribution in [2.24, 2.45) is 5.73 Å². The SMILES string of the molecule is NC(=O)c1cc(NC(=O)COc2ccc(Br)cc2F)c(F)cc1F. The number of nitrogens with one attached hydrogen (secondary N) is 1. The maximum absolute atomic E-state index is 13.6. The Morgan fingerprint density at radius 1 is 1.08 bits per heavy atom. The molecule has 0 saturated heterocycles. The molecule has 0 aliphatic heterocycles. The summed E-state index contributed by atoms with van der Waals surface area (Å²) in [5, 5.41) is 2.09. The van der Waals surface area contributed by atoms with Gasteiger partial charge in [-0.15, -0.1) is 0 Å². The van der Waals surface area contributed by atoms with E-state index in [-0.39, 0.29) is 5.75 Å². The second-order valence-electron chi connectivity index (χ2n) is 4.59. The highest BCUT2D eigenvalue weighted by Gasteiger charge is 2.16. The fourth-order valence-electron chi connectivity index (χ4n) is 1.76. The number of carbonyl (C=O) groups excluding carboxylic acids is 2. The van der Waals surface area contributed by atoms with Crippen molar-refractivity contribution in [2.45, 2.75) is 0 Å². The summed E-state index contributed by atoms with van der Waals surface area (Å²) >= 11 is 3.07. The molecule has 24 heavy (non-hydrogen) atoms. The molecule has 0 atom stereocenters. The van der Waals surface area contributed by atoms with Crippen LogP contribution >= 0.6 is 15.9 Å². The molecule has 0 bridgehead atoms. The van der Waals surface area contributed by atoms with Crippen LogP contribution < -0.4 is 15.8 Å². The van der Waals surface area contributed by atoms with Gasteiger partial charge in [-0.2, -0.15) is 0 Å². The average Bonchev–Trinajstić information content (AvgIpc) is 2.48. The van der Waals surface area contributed by atoms with E-state index in [0.717, 1.165) is 12.1 Å². The van der Waals surface area contributed by atoms with Crippen LogP contribution in [-0.4, -0.2) is 18.4 Å². The predicted octanol–water partition coefficient (Wildman–Crippen LogP) is 2.98. The minimum atomic E-state index is -1.15. The normalized spacial score (nSPS) is 10.3. The van der Waals surface area contributed by atoms with Crippen molar-refractivity contribution in [3.63, 3.8) is 0 Å². The summed E-state index contributed by atoms with van der Waals surface area (Å²) in [5.41, 5.74) is 3.92. The number of primary amides is 1. The molecular formula is C15H10BrF3N2O3. The average molecular weight is 403 g/mol. The number of amides is 2. The zero-order valence-electron chi connectivity index (χ0n) is 11.9. The van der Waals surface area contributed by atoms with E-state index < -0.39 is 47.1 Å². The summed E-state index contributed by atoms with van der Waals surface area (Å²) in [6.07, 6.45) is 0. The van der Waals surface area contributed by atoms with E-state index in [1.807, 2.05) is 0 Å². The summed E-state index contributed by atoms with van der Waals surface area (Å²) in [6.45, 7) is -0.624. The monoisotopic (exact) mass is 402 g/mol. The zero-order chi connectivity index (χ0) is 17.9. The van der Waals surface area contributed by atoms with Gasteiger partial charge in [-0.05, 0) is 24.3 Å². The molecule has 126 valence electrons. The number of carbonyl (C=O) groups is 2. The lowest BCUT2D eigenvalue weighted by Crippen LogP contribution is -2.22. The maximum Gasteiger partial charge on any atom is 0.262 e. The molecule has 0 aromatic heterocycles. The van der Waals surface area contributed by atoms with Crippen molar-refractivity contribution in [2.75, 3.05) is 11.9 Å². The molecule has 0 heterocycles. The zero-order valence-corrected chi connectivity index (χ0v) is 13.5. The van der Waals surface area contributed by atoms with Gasteiger partial charge in [0, 0.05) is 10.5 Å². The second kappa shape index (κ2) is 7.35. The van der Waals surface area contributed by atoms with Crippen LogP contribution in [0.2, 0.25) is 0 Å². The summed E-state index contributed by atoms with van der Waals surface area (Å²) in [6, 6.07) is 5.15. The number of ether oxygens (including phenoxy) is 1. The van der Waals surface area contributed by atoms with Gasteiger partial charge in [0.05, 0.1) is 11.3 Å². The van der Waals surface area contributed by atoms with Gasteiger partial charge >= 0.3 is 0 Å². The minimum absolute atomic E-state index is 0.175. The van der Waals surface area contributed by atoms with Gasteiger partial charge < -0.3 is 15.8 Å². The van der Waals surface area contributed by atoms with E-state index >= 15 is 0 Å². The van der Waals surface area contributed by atoms with E-state index in [0.29, 0.717) is 10.5 Å². The Balaban J connectivity index is 2.07. The predicted molar refractivity (Wildman–Crippen MR) is 83.1 cm³/mol. The highest BCUT2D eigenvalue weighted by atomic mass is 79.9. The molecule has 0 radical (unpaired) electrons. The van der Waals surface area contributed by atoms with Crippen LogP contribution in [0.1, 0.15) is 10.4 Å². The lowest BCUT2D eigenvalue weighted by Gasteiger charge is -2.10. The van der Waals surface area contributed by atoms with E-state index in [2.05, 4.69) is 21.2 Å². The number of benzene rings is 2. The molecule has 0 unspecified atom stereocenters. The van der Waals surface area contributed by atoms with E-state index in [1.54, 1.807) is 0 Å². The number of rotatable bonds is 5. The van der Waals surface area contributed by atoms with Crippen molar-refractivity contribution in [3.05, 3.63) is 57.8 Å². The topological polar surface area (TPSA) is 81.4 Å².